The number of para-hydroxylation sites is 1. The average molecular weight is 363 g/mol. The van der Waals surface area contributed by atoms with Crippen molar-refractivity contribution in [2.75, 3.05) is 18.5 Å². The highest BCUT2D eigenvalue weighted by molar-refractivity contribution is 5.99. The molecule has 1 aliphatic rings. The van der Waals surface area contributed by atoms with Crippen LogP contribution in [0.25, 0.3) is 10.9 Å². The lowest BCUT2D eigenvalue weighted by Crippen LogP contribution is -2.43. The van der Waals surface area contributed by atoms with Crippen LogP contribution in [0, 0.1) is 0 Å². The van der Waals surface area contributed by atoms with Crippen molar-refractivity contribution in [3.8, 4) is 11.5 Å². The van der Waals surface area contributed by atoms with Crippen molar-refractivity contribution in [3.05, 3.63) is 60.3 Å². The number of anilines is 1. The van der Waals surface area contributed by atoms with Gasteiger partial charge < -0.3 is 20.1 Å². The van der Waals surface area contributed by atoms with Crippen molar-refractivity contribution < 1.29 is 14.3 Å². The number of nitrogens with one attached hydrogen (secondary N) is 2. The van der Waals surface area contributed by atoms with Gasteiger partial charge in [0.05, 0.1) is 16.7 Å². The molecule has 2 heterocycles. The summed E-state index contributed by atoms with van der Waals surface area (Å²) < 4.78 is 11.2. The number of benzene rings is 2. The van der Waals surface area contributed by atoms with Gasteiger partial charge in [-0.2, -0.15) is 0 Å². The zero-order valence-corrected chi connectivity index (χ0v) is 15.3. The molecule has 0 saturated heterocycles. The molecule has 2 amide bonds. The number of aromatic nitrogens is 1. The van der Waals surface area contributed by atoms with Crippen LogP contribution in [0.3, 0.4) is 0 Å². The van der Waals surface area contributed by atoms with Crippen molar-refractivity contribution in [3.63, 3.8) is 0 Å². The maximum Gasteiger partial charge on any atom is 0.319 e. The summed E-state index contributed by atoms with van der Waals surface area (Å²) in [6.45, 7) is 4.97. The first-order chi connectivity index (χ1) is 13.0. The molecular weight excluding hydrogens is 342 g/mol. The number of amides is 2. The van der Waals surface area contributed by atoms with E-state index in [1.54, 1.807) is 6.20 Å². The van der Waals surface area contributed by atoms with Crippen LogP contribution in [-0.4, -0.2) is 24.2 Å². The molecule has 2 aromatic carbocycles. The zero-order chi connectivity index (χ0) is 18.9. The van der Waals surface area contributed by atoms with Crippen molar-refractivity contribution in [1.29, 1.82) is 0 Å². The lowest BCUT2D eigenvalue weighted by Gasteiger charge is -2.28. The number of urea groups is 1. The van der Waals surface area contributed by atoms with E-state index < -0.39 is 5.54 Å². The lowest BCUT2D eigenvalue weighted by atomic mass is 9.94. The number of nitrogens with zero attached hydrogens (tertiary/aromatic N) is 1. The second kappa shape index (κ2) is 6.79. The molecular formula is C21H21N3O3. The van der Waals surface area contributed by atoms with E-state index in [1.165, 1.54) is 0 Å². The Labute approximate surface area is 157 Å². The van der Waals surface area contributed by atoms with E-state index in [4.69, 9.17) is 9.47 Å². The number of carbonyl (C=O) groups is 1. The summed E-state index contributed by atoms with van der Waals surface area (Å²) >= 11 is 0. The second-order valence-corrected chi connectivity index (χ2v) is 6.94. The predicted molar refractivity (Wildman–Crippen MR) is 104 cm³/mol. The Morgan fingerprint density at radius 2 is 1.81 bits per heavy atom. The van der Waals surface area contributed by atoms with Crippen LogP contribution in [0.5, 0.6) is 11.5 Å². The second-order valence-electron chi connectivity index (χ2n) is 6.94. The van der Waals surface area contributed by atoms with Crippen LogP contribution in [0.2, 0.25) is 0 Å². The van der Waals surface area contributed by atoms with E-state index in [1.807, 2.05) is 62.4 Å². The van der Waals surface area contributed by atoms with Crippen LogP contribution in [0.15, 0.2) is 54.7 Å². The molecule has 0 aliphatic carbocycles. The number of carbonyl (C=O) groups excluding carboxylic acids is 1. The first-order valence-corrected chi connectivity index (χ1v) is 8.86. The Morgan fingerprint density at radius 1 is 1.04 bits per heavy atom. The van der Waals surface area contributed by atoms with Crippen molar-refractivity contribution in [2.24, 2.45) is 0 Å². The summed E-state index contributed by atoms with van der Waals surface area (Å²) in [5, 5.41) is 6.90. The van der Waals surface area contributed by atoms with Crippen LogP contribution in [-0.2, 0) is 5.54 Å². The normalized spacial score (nSPS) is 13.3. The van der Waals surface area contributed by atoms with Crippen molar-refractivity contribution in [2.45, 2.75) is 19.4 Å². The largest absolute Gasteiger partial charge is 0.486 e. The van der Waals surface area contributed by atoms with E-state index in [-0.39, 0.29) is 6.03 Å². The Balaban J connectivity index is 1.53. The molecule has 0 spiro atoms. The average Bonchev–Trinajstić information content (AvgIpc) is 2.67. The fraction of sp³-hybridized carbons (Fsp3) is 0.238. The minimum Gasteiger partial charge on any atom is -0.486 e. The maximum atomic E-state index is 12.6. The van der Waals surface area contributed by atoms with E-state index in [0.717, 1.165) is 22.2 Å². The molecule has 0 bridgehead atoms. The first kappa shape index (κ1) is 17.1. The summed E-state index contributed by atoms with van der Waals surface area (Å²) in [5.74, 6) is 1.43. The smallest absolute Gasteiger partial charge is 0.319 e. The summed E-state index contributed by atoms with van der Waals surface area (Å²) in [4.78, 5) is 17.0. The summed E-state index contributed by atoms with van der Waals surface area (Å²) in [7, 11) is 0. The number of fused-ring (bicyclic) bond motifs is 2. The molecule has 0 radical (unpaired) electrons. The van der Waals surface area contributed by atoms with E-state index in [9.17, 15) is 4.79 Å². The Hall–Kier alpha value is -3.28. The standard InChI is InChI=1S/C21H21N3O3/c1-21(2,15-8-9-17-18(13-15)27-12-11-26-17)24-20(25)23-16-7-3-5-14-6-4-10-22-19(14)16/h3-10,13H,11-12H2,1-2H3,(H2,23,24,25). The van der Waals surface area contributed by atoms with Gasteiger partial charge in [0.15, 0.2) is 11.5 Å². The molecule has 0 saturated carbocycles. The summed E-state index contributed by atoms with van der Waals surface area (Å²) in [6.07, 6.45) is 1.71. The van der Waals surface area contributed by atoms with Gasteiger partial charge in [0.1, 0.15) is 13.2 Å². The number of ether oxygens (including phenoxy) is 2. The monoisotopic (exact) mass is 363 g/mol. The number of hydrogen-bond donors (Lipinski definition) is 2. The number of hydrogen-bond acceptors (Lipinski definition) is 4. The van der Waals surface area contributed by atoms with E-state index in [2.05, 4.69) is 15.6 Å². The molecule has 2 N–H and O–H groups in total. The quantitative estimate of drug-likeness (QED) is 0.736. The van der Waals surface area contributed by atoms with Gasteiger partial charge in [-0.05, 0) is 43.7 Å². The minimum atomic E-state index is -0.599. The summed E-state index contributed by atoms with van der Waals surface area (Å²) in [6, 6.07) is 15.0. The van der Waals surface area contributed by atoms with Crippen LogP contribution >= 0.6 is 0 Å². The Bertz CT molecular complexity index is 996. The highest BCUT2D eigenvalue weighted by Gasteiger charge is 2.25. The van der Waals surface area contributed by atoms with E-state index in [0.29, 0.717) is 24.7 Å². The molecule has 6 heteroatoms. The highest BCUT2D eigenvalue weighted by Crippen LogP contribution is 2.34. The highest BCUT2D eigenvalue weighted by atomic mass is 16.6. The third kappa shape index (κ3) is 3.51. The van der Waals surface area contributed by atoms with E-state index >= 15 is 0 Å². The molecule has 1 aromatic heterocycles. The summed E-state index contributed by atoms with van der Waals surface area (Å²) in [5.41, 5.74) is 1.76. The maximum absolute atomic E-state index is 12.6. The third-order valence-corrected chi connectivity index (χ3v) is 4.57. The minimum absolute atomic E-state index is 0.298. The van der Waals surface area contributed by atoms with Gasteiger partial charge in [-0.15, -0.1) is 0 Å². The van der Waals surface area contributed by atoms with Gasteiger partial charge in [-0.25, -0.2) is 4.79 Å². The van der Waals surface area contributed by atoms with Gasteiger partial charge in [-0.3, -0.25) is 4.98 Å². The van der Waals surface area contributed by atoms with Crippen molar-refractivity contribution in [1.82, 2.24) is 10.3 Å². The molecule has 6 nitrogen and oxygen atoms in total. The molecule has 1 aliphatic heterocycles. The third-order valence-electron chi connectivity index (χ3n) is 4.57. The topological polar surface area (TPSA) is 72.5 Å². The molecule has 138 valence electrons. The molecule has 0 unspecified atom stereocenters. The first-order valence-electron chi connectivity index (χ1n) is 8.86. The lowest BCUT2D eigenvalue weighted by molar-refractivity contribution is 0.171. The molecule has 3 aromatic rings. The van der Waals surface area contributed by atoms with Gasteiger partial charge in [0, 0.05) is 11.6 Å². The van der Waals surface area contributed by atoms with Crippen LogP contribution < -0.4 is 20.1 Å². The van der Waals surface area contributed by atoms with Gasteiger partial charge in [0.25, 0.3) is 0 Å². The van der Waals surface area contributed by atoms with Crippen LogP contribution in [0.1, 0.15) is 19.4 Å². The SMILES string of the molecule is CC(C)(NC(=O)Nc1cccc2cccnc12)c1ccc2c(c1)OCCO2. The predicted octanol–water partition coefficient (Wildman–Crippen LogP) is 4.06. The van der Waals surface area contributed by atoms with Crippen LogP contribution in [0.4, 0.5) is 10.5 Å². The molecule has 27 heavy (non-hydrogen) atoms. The number of pyridine rings is 1. The molecule has 0 atom stereocenters. The zero-order valence-electron chi connectivity index (χ0n) is 15.3. The fourth-order valence-corrected chi connectivity index (χ4v) is 3.15. The number of rotatable bonds is 3. The van der Waals surface area contributed by atoms with Gasteiger partial charge in [0.2, 0.25) is 0 Å². The fourth-order valence-electron chi connectivity index (χ4n) is 3.15. The Kier molecular flexibility index (Phi) is 4.32. The molecule has 0 fully saturated rings. The Morgan fingerprint density at radius 3 is 2.67 bits per heavy atom. The molecule has 4 rings (SSSR count). The van der Waals surface area contributed by atoms with Gasteiger partial charge >= 0.3 is 6.03 Å². The van der Waals surface area contributed by atoms with Crippen molar-refractivity contribution >= 4 is 22.6 Å². The van der Waals surface area contributed by atoms with Gasteiger partial charge in [-0.1, -0.05) is 24.3 Å².